The minimum atomic E-state index is -3.84. The summed E-state index contributed by atoms with van der Waals surface area (Å²) in [6.07, 6.45) is 2.27. The first-order chi connectivity index (χ1) is 29.0. The Morgan fingerprint density at radius 3 is 1.25 bits per heavy atom. The average Bonchev–Trinajstić information content (AvgIpc) is 3.86. The van der Waals surface area contributed by atoms with Gasteiger partial charge in [0.2, 0.25) is 0 Å². The van der Waals surface area contributed by atoms with Gasteiger partial charge in [-0.25, -0.2) is 0 Å². The van der Waals surface area contributed by atoms with E-state index in [4.69, 9.17) is 19.4 Å². The van der Waals surface area contributed by atoms with Crippen LogP contribution in [0, 0.1) is 41.5 Å². The van der Waals surface area contributed by atoms with Crippen LogP contribution in [0.25, 0.3) is 11.6 Å². The summed E-state index contributed by atoms with van der Waals surface area (Å²) in [6, 6.07) is 60.5. The first-order valence-corrected chi connectivity index (χ1v) is 28.0. The van der Waals surface area contributed by atoms with Crippen molar-refractivity contribution in [2.24, 2.45) is 0 Å². The van der Waals surface area contributed by atoms with E-state index in [-0.39, 0.29) is 0 Å². The van der Waals surface area contributed by atoms with E-state index in [1.807, 2.05) is 0 Å². The summed E-state index contributed by atoms with van der Waals surface area (Å²) >= 11 is -3.84. The molecule has 304 valence electrons. The molecule has 1 aliphatic carbocycles. The molecule has 0 amide bonds. The monoisotopic (exact) mass is 930 g/mol. The molecule has 7 aromatic carbocycles. The number of hydrogen-bond donors (Lipinski definition) is 0. The van der Waals surface area contributed by atoms with Gasteiger partial charge in [-0.1, -0.05) is 91.0 Å². The molecule has 0 atom stereocenters. The van der Waals surface area contributed by atoms with Gasteiger partial charge >= 0.3 is 256 Å². The molecule has 0 radical (unpaired) electrons. The Kier molecular flexibility index (Phi) is 12.6. The van der Waals surface area contributed by atoms with Gasteiger partial charge in [0, 0.05) is 0 Å². The van der Waals surface area contributed by atoms with Gasteiger partial charge in [-0.3, -0.25) is 0 Å². The second-order valence-electron chi connectivity index (χ2n) is 15.6. The Balaban J connectivity index is 0.000000218. The third-order valence-electron chi connectivity index (χ3n) is 11.1. The van der Waals surface area contributed by atoms with Gasteiger partial charge < -0.3 is 0 Å². The zero-order valence-electron chi connectivity index (χ0n) is 35.1. The molecule has 1 aliphatic heterocycles. The van der Waals surface area contributed by atoms with Gasteiger partial charge in [-0.05, 0) is 23.8 Å². The van der Waals surface area contributed by atoms with E-state index in [1.165, 1.54) is 66.2 Å². The number of benzene rings is 7. The van der Waals surface area contributed by atoms with Crippen LogP contribution in [0.15, 0.2) is 170 Å². The normalized spacial score (nSPS) is 13.9. The molecule has 0 N–H and O–H groups in total. The third-order valence-corrected chi connectivity index (χ3v) is 20.4. The maximum Gasteiger partial charge on any atom is -0.0134 e. The van der Waals surface area contributed by atoms with Gasteiger partial charge in [-0.2, -0.15) is 0 Å². The van der Waals surface area contributed by atoms with Crippen molar-refractivity contribution >= 4 is 74.7 Å². The molecule has 0 bridgehead atoms. The topological polar surface area (TPSA) is 6.48 Å². The first kappa shape index (κ1) is 42.0. The van der Waals surface area contributed by atoms with Crippen molar-refractivity contribution in [1.29, 1.82) is 0 Å². The van der Waals surface area contributed by atoms with Gasteiger partial charge in [0.15, 0.2) is 0 Å². The zero-order valence-corrected chi connectivity index (χ0v) is 39.3. The van der Waals surface area contributed by atoms with Crippen LogP contribution in [0.4, 0.5) is 11.4 Å². The molecule has 1 heterocycles. The van der Waals surface area contributed by atoms with E-state index in [0.29, 0.717) is 0 Å². The fourth-order valence-electron chi connectivity index (χ4n) is 8.86. The second-order valence-corrected chi connectivity index (χ2v) is 27.0. The van der Waals surface area contributed by atoms with Crippen molar-refractivity contribution < 1.29 is 11.9 Å². The minimum absolute atomic E-state index is 0.446. The van der Waals surface area contributed by atoms with E-state index >= 15 is 0 Å². The summed E-state index contributed by atoms with van der Waals surface area (Å²) in [4.78, 5) is 4.90. The molecule has 60 heavy (non-hydrogen) atoms. The first-order valence-electron chi connectivity index (χ1n) is 20.4. The fourth-order valence-corrected chi connectivity index (χ4v) is 18.9. The van der Waals surface area contributed by atoms with Crippen LogP contribution in [-0.2, 0) is 11.9 Å². The van der Waals surface area contributed by atoms with E-state index in [9.17, 15) is 0 Å². The SMILES string of the molecule is Cc1cc(C)c(N2CCN(c3c(C)cc(C)cc3C)[C]2=[Ru]([Cl])([Cl])=[C]2C(c3ccccc3)=Cc3ccccc32)c(C)c1.c1ccc(P(c2ccccc2)c2ccccc2)cc1. The predicted octanol–water partition coefficient (Wildman–Crippen LogP) is 12.6. The van der Waals surface area contributed by atoms with Crippen molar-refractivity contribution in [3.8, 4) is 0 Å². The largest absolute Gasteiger partial charge is 0.0622 e. The van der Waals surface area contributed by atoms with Crippen molar-refractivity contribution in [3.63, 3.8) is 0 Å². The molecule has 6 heteroatoms. The Hall–Kier alpha value is -4.75. The van der Waals surface area contributed by atoms with Crippen LogP contribution >= 0.6 is 27.3 Å². The summed E-state index contributed by atoms with van der Waals surface area (Å²) in [5.74, 6) is 0. The second kappa shape index (κ2) is 18.1. The number of anilines is 2. The van der Waals surface area contributed by atoms with Crippen LogP contribution in [0.5, 0.6) is 0 Å². The van der Waals surface area contributed by atoms with Crippen molar-refractivity contribution in [2.75, 3.05) is 22.9 Å². The van der Waals surface area contributed by atoms with E-state index in [0.717, 1.165) is 38.3 Å². The van der Waals surface area contributed by atoms with Gasteiger partial charge in [0.05, 0.1) is 0 Å². The third kappa shape index (κ3) is 8.44. The number of halogens is 2. The smallest absolute Gasteiger partial charge is 0.0134 e. The summed E-state index contributed by atoms with van der Waals surface area (Å²) in [6.45, 7) is 14.8. The van der Waals surface area contributed by atoms with Gasteiger partial charge in [0.1, 0.15) is 0 Å². The van der Waals surface area contributed by atoms with Crippen molar-refractivity contribution in [1.82, 2.24) is 0 Å². The molecular weight excluding hydrogens is 880 g/mol. The number of hydrogen-bond acceptors (Lipinski definition) is 2. The standard InChI is InChI=1S/C21H26N2.C18H15P.C15H10.2ClH.Ru/c1-14-9-16(3)20(17(4)10-14)22-7-8-23(13-22)21-18(5)11-15(2)12-19(21)6;1-4-10-16(11-5-1)19(17-12-6-2-7-13-17)18-14-8-3-9-15-18;1-2-6-12(7-3-1)15-10-13-8-4-5-9-14(13)11-15;;;/h9-12H,7-8H2,1-6H3;1-15H;1-10H;2*1H;/q;;;;;+2/p-2. The summed E-state index contributed by atoms with van der Waals surface area (Å²) < 4.78 is 2.16. The van der Waals surface area contributed by atoms with Gasteiger partial charge in [0.25, 0.3) is 0 Å². The Morgan fingerprint density at radius 1 is 0.467 bits per heavy atom. The molecule has 0 saturated carbocycles. The molecule has 1 fully saturated rings. The quantitative estimate of drug-likeness (QED) is 0.121. The molecule has 1 saturated heterocycles. The predicted molar refractivity (Wildman–Crippen MR) is 263 cm³/mol. The fraction of sp³-hybridized carbons (Fsp3) is 0.148. The Morgan fingerprint density at radius 2 is 0.833 bits per heavy atom. The van der Waals surface area contributed by atoms with E-state index in [1.54, 1.807) is 0 Å². The van der Waals surface area contributed by atoms with E-state index in [2.05, 4.69) is 227 Å². The molecule has 2 aliphatic rings. The number of aryl methyl sites for hydroxylation is 6. The summed E-state index contributed by atoms with van der Waals surface area (Å²) in [5.41, 5.74) is 14.6. The molecule has 0 unspecified atom stereocenters. The Bertz CT molecular complexity index is 2610. The molecular formula is C54H51Cl2N2PRu. The van der Waals surface area contributed by atoms with Crippen LogP contribution in [-0.4, -0.2) is 21.6 Å². The molecule has 2 nitrogen and oxygen atoms in total. The maximum absolute atomic E-state index is 8.02. The number of allylic oxidation sites excluding steroid dienone is 1. The minimum Gasteiger partial charge on any atom is -0.0622 e. The number of nitrogens with zero attached hydrogens (tertiary/aromatic N) is 2. The molecule has 9 rings (SSSR count). The van der Waals surface area contributed by atoms with Crippen LogP contribution < -0.4 is 25.7 Å². The summed E-state index contributed by atoms with van der Waals surface area (Å²) in [5, 5.41) is 4.19. The van der Waals surface area contributed by atoms with Crippen LogP contribution in [0.2, 0.25) is 0 Å². The van der Waals surface area contributed by atoms with Crippen molar-refractivity contribution in [3.05, 3.63) is 220 Å². The van der Waals surface area contributed by atoms with Crippen molar-refractivity contribution in [2.45, 2.75) is 41.5 Å². The van der Waals surface area contributed by atoms with Crippen LogP contribution in [0.1, 0.15) is 50.1 Å². The summed E-state index contributed by atoms with van der Waals surface area (Å²) in [7, 11) is 15.6. The molecule has 7 aromatic rings. The molecule has 0 spiro atoms. The van der Waals surface area contributed by atoms with Gasteiger partial charge in [-0.15, -0.1) is 0 Å². The van der Waals surface area contributed by atoms with E-state index < -0.39 is 19.8 Å². The maximum atomic E-state index is 8.02. The molecule has 0 aromatic heterocycles. The number of rotatable bonds is 6. The number of fused-ring (bicyclic) bond motifs is 1. The van der Waals surface area contributed by atoms with Crippen LogP contribution in [0.3, 0.4) is 0 Å². The average molecular weight is 931 g/mol. The zero-order chi connectivity index (χ0) is 42.0. The Labute approximate surface area is 368 Å².